The molecule has 0 aromatic rings. The Kier molecular flexibility index (Phi) is 6.10. The largest absolute Gasteiger partial charge is 0.372 e. The average molecular weight is 296 g/mol. The van der Waals surface area contributed by atoms with Crippen molar-refractivity contribution in [1.82, 2.24) is 10.2 Å². The van der Waals surface area contributed by atoms with Crippen molar-refractivity contribution >= 4 is 0 Å². The maximum Gasteiger partial charge on any atom is 0.0707 e. The highest BCUT2D eigenvalue weighted by atomic mass is 16.5. The molecule has 2 aliphatic heterocycles. The number of ether oxygens (including phenoxy) is 1. The average Bonchev–Trinajstić information content (AvgIpc) is 2.84. The molecular formula is C18H36N2O. The molecule has 2 atom stereocenters. The van der Waals surface area contributed by atoms with Crippen LogP contribution in [0.1, 0.15) is 60.3 Å². The van der Waals surface area contributed by atoms with Crippen LogP contribution in [0.25, 0.3) is 0 Å². The zero-order chi connectivity index (χ0) is 15.5. The fourth-order valence-electron chi connectivity index (χ4n) is 3.57. The summed E-state index contributed by atoms with van der Waals surface area (Å²) in [5.74, 6) is 1.79. The number of hydrogen-bond donors (Lipinski definition) is 1. The number of piperidine rings is 1. The Labute approximate surface area is 131 Å². The van der Waals surface area contributed by atoms with Gasteiger partial charge in [0, 0.05) is 18.6 Å². The van der Waals surface area contributed by atoms with Crippen LogP contribution in [0.5, 0.6) is 0 Å². The third kappa shape index (κ3) is 5.88. The molecule has 2 saturated heterocycles. The molecule has 124 valence electrons. The van der Waals surface area contributed by atoms with Crippen molar-refractivity contribution in [1.29, 1.82) is 0 Å². The van der Waals surface area contributed by atoms with Crippen LogP contribution in [0.15, 0.2) is 0 Å². The first kappa shape index (κ1) is 17.2. The van der Waals surface area contributed by atoms with Gasteiger partial charge in [-0.05, 0) is 71.4 Å². The van der Waals surface area contributed by atoms with Crippen LogP contribution >= 0.6 is 0 Å². The molecule has 0 saturated carbocycles. The number of rotatable bonds is 5. The summed E-state index contributed by atoms with van der Waals surface area (Å²) in [4.78, 5) is 2.63. The number of nitrogens with zero attached hydrogens (tertiary/aromatic N) is 1. The van der Waals surface area contributed by atoms with Crippen LogP contribution in [-0.2, 0) is 4.74 Å². The van der Waals surface area contributed by atoms with E-state index in [0.717, 1.165) is 24.9 Å². The Hall–Kier alpha value is -0.120. The minimum atomic E-state index is 0.195. The zero-order valence-corrected chi connectivity index (χ0v) is 14.8. The summed E-state index contributed by atoms with van der Waals surface area (Å²) < 4.78 is 6.23. The maximum absolute atomic E-state index is 6.23. The van der Waals surface area contributed by atoms with Crippen molar-refractivity contribution in [3.05, 3.63) is 0 Å². The molecule has 21 heavy (non-hydrogen) atoms. The standard InChI is InChI=1S/C18H36N2O/c1-14(2)15-8-10-20(11-9-15)13-17-7-6-16(21-17)12-19-18(3,4)5/h14-17,19H,6-13H2,1-5H3. The van der Waals surface area contributed by atoms with E-state index in [-0.39, 0.29) is 5.54 Å². The van der Waals surface area contributed by atoms with E-state index < -0.39 is 0 Å². The van der Waals surface area contributed by atoms with Crippen LogP contribution in [0, 0.1) is 11.8 Å². The predicted octanol–water partition coefficient (Wildman–Crippen LogP) is 3.29. The topological polar surface area (TPSA) is 24.5 Å². The second-order valence-corrected chi connectivity index (χ2v) is 8.47. The third-order valence-corrected chi connectivity index (χ3v) is 5.09. The predicted molar refractivity (Wildman–Crippen MR) is 89.7 cm³/mol. The van der Waals surface area contributed by atoms with Gasteiger partial charge in [0.15, 0.2) is 0 Å². The molecule has 0 spiro atoms. The molecule has 0 radical (unpaired) electrons. The van der Waals surface area contributed by atoms with Gasteiger partial charge in [0.05, 0.1) is 12.2 Å². The lowest BCUT2D eigenvalue weighted by Crippen LogP contribution is -2.42. The lowest BCUT2D eigenvalue weighted by Gasteiger charge is -2.35. The van der Waals surface area contributed by atoms with Crippen molar-refractivity contribution in [2.45, 2.75) is 78.0 Å². The Bertz CT molecular complexity index is 303. The van der Waals surface area contributed by atoms with E-state index >= 15 is 0 Å². The van der Waals surface area contributed by atoms with Crippen LogP contribution in [0.4, 0.5) is 0 Å². The summed E-state index contributed by atoms with van der Waals surface area (Å²) in [5, 5.41) is 3.57. The van der Waals surface area contributed by atoms with E-state index in [0.29, 0.717) is 12.2 Å². The molecule has 3 heteroatoms. The van der Waals surface area contributed by atoms with Gasteiger partial charge in [0.2, 0.25) is 0 Å². The highest BCUT2D eigenvalue weighted by molar-refractivity contribution is 4.82. The van der Waals surface area contributed by atoms with Gasteiger partial charge in [-0.1, -0.05) is 13.8 Å². The van der Waals surface area contributed by atoms with Gasteiger partial charge in [0.1, 0.15) is 0 Å². The first-order valence-corrected chi connectivity index (χ1v) is 8.96. The Balaban J connectivity index is 1.64. The first-order chi connectivity index (χ1) is 9.83. The smallest absolute Gasteiger partial charge is 0.0707 e. The molecule has 2 fully saturated rings. The van der Waals surface area contributed by atoms with E-state index in [1.165, 1.54) is 38.8 Å². The highest BCUT2D eigenvalue weighted by Crippen LogP contribution is 2.26. The van der Waals surface area contributed by atoms with E-state index in [4.69, 9.17) is 4.74 Å². The molecule has 2 rings (SSSR count). The van der Waals surface area contributed by atoms with E-state index in [2.05, 4.69) is 44.8 Å². The summed E-state index contributed by atoms with van der Waals surface area (Å²) in [6, 6.07) is 0. The van der Waals surface area contributed by atoms with E-state index in [1.807, 2.05) is 0 Å². The molecule has 2 aliphatic rings. The second-order valence-electron chi connectivity index (χ2n) is 8.47. The van der Waals surface area contributed by atoms with Crippen LogP contribution in [0.2, 0.25) is 0 Å². The van der Waals surface area contributed by atoms with Gasteiger partial charge >= 0.3 is 0 Å². The summed E-state index contributed by atoms with van der Waals surface area (Å²) in [6.45, 7) is 16.1. The molecule has 0 bridgehead atoms. The lowest BCUT2D eigenvalue weighted by atomic mass is 9.86. The normalized spacial score (nSPS) is 29.4. The summed E-state index contributed by atoms with van der Waals surface area (Å²) >= 11 is 0. The molecule has 0 aromatic heterocycles. The van der Waals surface area contributed by atoms with Crippen LogP contribution in [-0.4, -0.2) is 48.8 Å². The van der Waals surface area contributed by atoms with Crippen molar-refractivity contribution in [2.75, 3.05) is 26.2 Å². The monoisotopic (exact) mass is 296 g/mol. The number of hydrogen-bond acceptors (Lipinski definition) is 3. The molecule has 2 unspecified atom stereocenters. The van der Waals surface area contributed by atoms with Gasteiger partial charge < -0.3 is 15.0 Å². The van der Waals surface area contributed by atoms with E-state index in [9.17, 15) is 0 Å². The number of likely N-dealkylation sites (tertiary alicyclic amines) is 1. The maximum atomic E-state index is 6.23. The van der Waals surface area contributed by atoms with Gasteiger partial charge in [-0.25, -0.2) is 0 Å². The van der Waals surface area contributed by atoms with Gasteiger partial charge in [0.25, 0.3) is 0 Å². The zero-order valence-electron chi connectivity index (χ0n) is 14.8. The van der Waals surface area contributed by atoms with Crippen molar-refractivity contribution in [3.8, 4) is 0 Å². The Morgan fingerprint density at radius 1 is 1.05 bits per heavy atom. The molecule has 1 N–H and O–H groups in total. The lowest BCUT2D eigenvalue weighted by molar-refractivity contribution is 0.0128. The molecule has 0 aromatic carbocycles. The summed E-state index contributed by atoms with van der Waals surface area (Å²) in [6.07, 6.45) is 6.09. The quantitative estimate of drug-likeness (QED) is 0.842. The van der Waals surface area contributed by atoms with Crippen molar-refractivity contribution < 1.29 is 4.74 Å². The summed E-state index contributed by atoms with van der Waals surface area (Å²) in [7, 11) is 0. The van der Waals surface area contributed by atoms with Crippen molar-refractivity contribution in [2.24, 2.45) is 11.8 Å². The third-order valence-electron chi connectivity index (χ3n) is 5.09. The molecule has 3 nitrogen and oxygen atoms in total. The van der Waals surface area contributed by atoms with Gasteiger partial charge in [-0.15, -0.1) is 0 Å². The second kappa shape index (κ2) is 7.43. The van der Waals surface area contributed by atoms with Crippen molar-refractivity contribution in [3.63, 3.8) is 0 Å². The molecular weight excluding hydrogens is 260 g/mol. The Morgan fingerprint density at radius 2 is 1.67 bits per heavy atom. The fourth-order valence-corrected chi connectivity index (χ4v) is 3.57. The minimum absolute atomic E-state index is 0.195. The SMILES string of the molecule is CC(C)C1CCN(CC2CCC(CNC(C)(C)C)O2)CC1. The number of nitrogens with one attached hydrogen (secondary N) is 1. The van der Waals surface area contributed by atoms with Gasteiger partial charge in [-0.2, -0.15) is 0 Å². The van der Waals surface area contributed by atoms with Crippen LogP contribution < -0.4 is 5.32 Å². The summed E-state index contributed by atoms with van der Waals surface area (Å²) in [5.41, 5.74) is 0.195. The van der Waals surface area contributed by atoms with E-state index in [1.54, 1.807) is 0 Å². The Morgan fingerprint density at radius 3 is 2.24 bits per heavy atom. The van der Waals surface area contributed by atoms with Crippen LogP contribution in [0.3, 0.4) is 0 Å². The first-order valence-electron chi connectivity index (χ1n) is 8.96. The highest BCUT2D eigenvalue weighted by Gasteiger charge is 2.29. The minimum Gasteiger partial charge on any atom is -0.372 e. The fraction of sp³-hybridized carbons (Fsp3) is 1.00. The molecule has 2 heterocycles. The molecule has 0 amide bonds. The molecule has 0 aliphatic carbocycles. The van der Waals surface area contributed by atoms with Gasteiger partial charge in [-0.3, -0.25) is 0 Å².